The lowest BCUT2D eigenvalue weighted by atomic mass is 10.0. The lowest BCUT2D eigenvalue weighted by Gasteiger charge is -2.18. The Labute approximate surface area is 128 Å². The third-order valence-electron chi connectivity index (χ3n) is 3.38. The lowest BCUT2D eigenvalue weighted by Crippen LogP contribution is -2.88. The summed E-state index contributed by atoms with van der Waals surface area (Å²) in [5.74, 6) is 0.401. The largest absolute Gasteiger partial charge is 0.463 e. The molecule has 0 saturated carbocycles. The van der Waals surface area contributed by atoms with E-state index < -0.39 is 12.1 Å². The number of benzene rings is 1. The van der Waals surface area contributed by atoms with Gasteiger partial charge >= 0.3 is 6.03 Å². The summed E-state index contributed by atoms with van der Waals surface area (Å²) in [6.07, 6.45) is 1.60. The number of carbonyl (C=O) groups excluding carboxylic acids is 2. The minimum absolute atomic E-state index is 0.0596. The average Bonchev–Trinajstić information content (AvgIpc) is 3.07. The van der Waals surface area contributed by atoms with Crippen molar-refractivity contribution in [2.75, 3.05) is 7.05 Å². The van der Waals surface area contributed by atoms with Gasteiger partial charge in [0.1, 0.15) is 6.04 Å². The van der Waals surface area contributed by atoms with Gasteiger partial charge in [0.25, 0.3) is 5.91 Å². The van der Waals surface area contributed by atoms with Crippen molar-refractivity contribution < 1.29 is 19.3 Å². The topological polar surface area (TPSA) is 88.0 Å². The molecule has 0 unspecified atom stereocenters. The maximum absolute atomic E-state index is 12.4. The first-order chi connectivity index (χ1) is 10.6. The summed E-state index contributed by atoms with van der Waals surface area (Å²) >= 11 is 0. The molecule has 0 aliphatic carbocycles. The summed E-state index contributed by atoms with van der Waals surface area (Å²) in [6, 6.07) is 11.9. The van der Waals surface area contributed by atoms with Gasteiger partial charge in [-0.05, 0) is 19.1 Å². The van der Waals surface area contributed by atoms with Crippen LogP contribution in [0.1, 0.15) is 30.3 Å². The number of imide groups is 1. The molecule has 1 aromatic carbocycles. The normalized spacial score (nSPS) is 13.2. The van der Waals surface area contributed by atoms with Gasteiger partial charge in [-0.3, -0.25) is 10.1 Å². The molecule has 0 spiro atoms. The maximum atomic E-state index is 12.4. The molecular formula is C16H20N3O3+. The number of nitrogens with one attached hydrogen (secondary N) is 2. The molecule has 0 bridgehead atoms. The van der Waals surface area contributed by atoms with Gasteiger partial charge in [0.2, 0.25) is 0 Å². The fourth-order valence-electron chi connectivity index (χ4n) is 2.20. The standard InChI is InChI=1S/C16H19N3O3/c1-11(13-9-6-10-22-13)18-14(12-7-4-3-5-8-12)15(20)19-16(21)17-2/h3-11,14,18H,1-2H3,(H2,17,19,20,21)/p+1/t11-,14-/m1/s1. The zero-order valence-corrected chi connectivity index (χ0v) is 12.6. The van der Waals surface area contributed by atoms with E-state index in [0.29, 0.717) is 0 Å². The van der Waals surface area contributed by atoms with Gasteiger partial charge in [-0.25, -0.2) is 4.79 Å². The van der Waals surface area contributed by atoms with Crippen molar-refractivity contribution in [3.05, 3.63) is 60.1 Å². The van der Waals surface area contributed by atoms with Crippen molar-refractivity contribution in [2.45, 2.75) is 19.0 Å². The van der Waals surface area contributed by atoms with Crippen LogP contribution in [-0.2, 0) is 4.79 Å². The first-order valence-electron chi connectivity index (χ1n) is 7.07. The number of nitrogens with two attached hydrogens (primary N) is 1. The highest BCUT2D eigenvalue weighted by molar-refractivity contribution is 5.96. The molecule has 22 heavy (non-hydrogen) atoms. The second kappa shape index (κ2) is 7.42. The van der Waals surface area contributed by atoms with E-state index in [-0.39, 0.29) is 11.9 Å². The number of amides is 3. The molecule has 2 rings (SSSR count). The molecule has 3 amide bonds. The van der Waals surface area contributed by atoms with E-state index in [9.17, 15) is 9.59 Å². The van der Waals surface area contributed by atoms with Crippen LogP contribution in [0.5, 0.6) is 0 Å². The van der Waals surface area contributed by atoms with Gasteiger partial charge in [0, 0.05) is 12.6 Å². The fourth-order valence-corrected chi connectivity index (χ4v) is 2.20. The molecule has 0 fully saturated rings. The van der Waals surface area contributed by atoms with Crippen LogP contribution in [0.3, 0.4) is 0 Å². The summed E-state index contributed by atoms with van der Waals surface area (Å²) in [4.78, 5) is 23.8. The summed E-state index contributed by atoms with van der Waals surface area (Å²) in [5, 5.41) is 6.58. The van der Waals surface area contributed by atoms with E-state index in [2.05, 4.69) is 10.6 Å². The van der Waals surface area contributed by atoms with Gasteiger partial charge in [-0.1, -0.05) is 30.3 Å². The van der Waals surface area contributed by atoms with E-state index in [0.717, 1.165) is 11.3 Å². The van der Waals surface area contributed by atoms with Gasteiger partial charge in [-0.15, -0.1) is 0 Å². The number of urea groups is 1. The number of rotatable bonds is 5. The second-order valence-electron chi connectivity index (χ2n) is 4.95. The highest BCUT2D eigenvalue weighted by atomic mass is 16.3. The van der Waals surface area contributed by atoms with Crippen molar-refractivity contribution in [3.63, 3.8) is 0 Å². The van der Waals surface area contributed by atoms with Crippen molar-refractivity contribution >= 4 is 11.9 Å². The molecule has 0 aliphatic rings. The first kappa shape index (κ1) is 15.8. The minimum atomic E-state index is -0.543. The molecule has 116 valence electrons. The Balaban J connectivity index is 2.18. The Kier molecular flexibility index (Phi) is 5.32. The monoisotopic (exact) mass is 302 g/mol. The van der Waals surface area contributed by atoms with Crippen LogP contribution in [-0.4, -0.2) is 19.0 Å². The Bertz CT molecular complexity index is 611. The summed E-state index contributed by atoms with van der Waals surface area (Å²) in [7, 11) is 1.47. The quantitative estimate of drug-likeness (QED) is 0.773. The zero-order valence-electron chi connectivity index (χ0n) is 12.6. The van der Waals surface area contributed by atoms with E-state index in [1.807, 2.05) is 54.7 Å². The van der Waals surface area contributed by atoms with Crippen molar-refractivity contribution in [1.29, 1.82) is 0 Å². The smallest absolute Gasteiger partial charge is 0.321 e. The Hall–Kier alpha value is -2.60. The molecule has 0 saturated heterocycles. The van der Waals surface area contributed by atoms with Crippen LogP contribution >= 0.6 is 0 Å². The Morgan fingerprint density at radius 2 is 1.86 bits per heavy atom. The molecule has 6 heteroatoms. The Morgan fingerprint density at radius 1 is 1.14 bits per heavy atom. The molecule has 4 N–H and O–H groups in total. The molecular weight excluding hydrogens is 282 g/mol. The third kappa shape index (κ3) is 3.95. The summed E-state index contributed by atoms with van der Waals surface area (Å²) in [5.41, 5.74) is 0.822. The number of hydrogen-bond acceptors (Lipinski definition) is 3. The summed E-state index contributed by atoms with van der Waals surface area (Å²) < 4.78 is 5.37. The van der Waals surface area contributed by atoms with Gasteiger partial charge < -0.3 is 15.1 Å². The number of furan rings is 1. The van der Waals surface area contributed by atoms with E-state index in [4.69, 9.17) is 4.42 Å². The molecule has 2 aromatic rings. The molecule has 1 aromatic heterocycles. The fraction of sp³-hybridized carbons (Fsp3) is 0.250. The lowest BCUT2D eigenvalue weighted by molar-refractivity contribution is -0.720. The summed E-state index contributed by atoms with van der Waals surface area (Å²) in [6.45, 7) is 1.95. The van der Waals surface area contributed by atoms with Crippen LogP contribution in [0, 0.1) is 0 Å². The van der Waals surface area contributed by atoms with Crippen molar-refractivity contribution in [3.8, 4) is 0 Å². The highest BCUT2D eigenvalue weighted by Gasteiger charge is 2.28. The second-order valence-corrected chi connectivity index (χ2v) is 4.95. The van der Waals surface area contributed by atoms with Gasteiger partial charge in [-0.2, -0.15) is 0 Å². The molecule has 0 aliphatic heterocycles. The van der Waals surface area contributed by atoms with Crippen LogP contribution in [0.4, 0.5) is 4.79 Å². The minimum Gasteiger partial charge on any atom is -0.463 e. The van der Waals surface area contributed by atoms with E-state index in [1.54, 1.807) is 6.26 Å². The van der Waals surface area contributed by atoms with Crippen molar-refractivity contribution in [1.82, 2.24) is 10.6 Å². The van der Waals surface area contributed by atoms with Crippen LogP contribution in [0.25, 0.3) is 0 Å². The first-order valence-corrected chi connectivity index (χ1v) is 7.07. The average molecular weight is 302 g/mol. The predicted octanol–water partition coefficient (Wildman–Crippen LogP) is 1.10. The number of quaternary nitrogens is 1. The number of hydrogen-bond donors (Lipinski definition) is 3. The molecule has 6 nitrogen and oxygen atoms in total. The van der Waals surface area contributed by atoms with Crippen molar-refractivity contribution in [2.24, 2.45) is 0 Å². The van der Waals surface area contributed by atoms with E-state index >= 15 is 0 Å². The zero-order chi connectivity index (χ0) is 15.9. The van der Waals surface area contributed by atoms with Gasteiger partial charge in [0.05, 0.1) is 6.26 Å². The van der Waals surface area contributed by atoms with Crippen LogP contribution in [0.2, 0.25) is 0 Å². The molecule has 0 radical (unpaired) electrons. The van der Waals surface area contributed by atoms with Gasteiger partial charge in [0.15, 0.2) is 11.8 Å². The Morgan fingerprint density at radius 3 is 2.45 bits per heavy atom. The SMILES string of the molecule is CNC(=O)NC(=O)[C@H]([NH2+][C@H](C)c1ccco1)c1ccccc1. The van der Waals surface area contributed by atoms with Crippen LogP contribution in [0.15, 0.2) is 53.1 Å². The highest BCUT2D eigenvalue weighted by Crippen LogP contribution is 2.13. The predicted molar refractivity (Wildman–Crippen MR) is 80.8 cm³/mol. The third-order valence-corrected chi connectivity index (χ3v) is 3.38. The van der Waals surface area contributed by atoms with Crippen LogP contribution < -0.4 is 16.0 Å². The molecule has 2 atom stereocenters. The number of carbonyl (C=O) groups is 2. The maximum Gasteiger partial charge on any atom is 0.321 e. The molecule has 1 heterocycles. The van der Waals surface area contributed by atoms with E-state index in [1.165, 1.54) is 7.05 Å².